The third-order valence-corrected chi connectivity index (χ3v) is 2.38. The SMILES string of the molecule is NC(=O)c1ccc(C(=O)NCCCCC(=O)O)nc1. The lowest BCUT2D eigenvalue weighted by Crippen LogP contribution is -2.25. The number of unbranched alkanes of at least 4 members (excludes halogenated alkanes) is 1. The number of pyridine rings is 1. The Morgan fingerprint density at radius 2 is 2.00 bits per heavy atom. The Labute approximate surface area is 109 Å². The van der Waals surface area contributed by atoms with Crippen LogP contribution in [0.1, 0.15) is 40.1 Å². The van der Waals surface area contributed by atoms with Crippen LogP contribution in [0.5, 0.6) is 0 Å². The van der Waals surface area contributed by atoms with Gasteiger partial charge in [0.2, 0.25) is 5.91 Å². The van der Waals surface area contributed by atoms with Gasteiger partial charge in [-0.3, -0.25) is 19.4 Å². The van der Waals surface area contributed by atoms with Crippen molar-refractivity contribution in [2.75, 3.05) is 6.54 Å². The second kappa shape index (κ2) is 7.10. The van der Waals surface area contributed by atoms with Crippen LogP contribution in [-0.2, 0) is 4.79 Å². The van der Waals surface area contributed by atoms with Crippen LogP contribution in [0.25, 0.3) is 0 Å². The number of primary amides is 1. The van der Waals surface area contributed by atoms with E-state index in [2.05, 4.69) is 10.3 Å². The topological polar surface area (TPSA) is 122 Å². The van der Waals surface area contributed by atoms with Gasteiger partial charge in [0.05, 0.1) is 5.56 Å². The number of aromatic nitrogens is 1. The van der Waals surface area contributed by atoms with Crippen LogP contribution in [0.3, 0.4) is 0 Å². The number of hydrogen-bond donors (Lipinski definition) is 3. The molecule has 0 aliphatic rings. The van der Waals surface area contributed by atoms with Gasteiger partial charge >= 0.3 is 5.97 Å². The van der Waals surface area contributed by atoms with Crippen molar-refractivity contribution in [1.82, 2.24) is 10.3 Å². The molecule has 0 radical (unpaired) electrons. The van der Waals surface area contributed by atoms with Crippen molar-refractivity contribution in [2.45, 2.75) is 19.3 Å². The molecule has 0 saturated heterocycles. The van der Waals surface area contributed by atoms with Crippen LogP contribution in [0.2, 0.25) is 0 Å². The zero-order valence-electron chi connectivity index (χ0n) is 10.3. The monoisotopic (exact) mass is 265 g/mol. The minimum Gasteiger partial charge on any atom is -0.481 e. The molecule has 0 unspecified atom stereocenters. The average molecular weight is 265 g/mol. The molecular formula is C12H15N3O4. The summed E-state index contributed by atoms with van der Waals surface area (Å²) < 4.78 is 0. The zero-order valence-corrected chi connectivity index (χ0v) is 10.3. The van der Waals surface area contributed by atoms with E-state index in [4.69, 9.17) is 10.8 Å². The molecule has 102 valence electrons. The molecular weight excluding hydrogens is 250 g/mol. The summed E-state index contributed by atoms with van der Waals surface area (Å²) >= 11 is 0. The number of nitrogens with zero attached hydrogens (tertiary/aromatic N) is 1. The summed E-state index contributed by atoms with van der Waals surface area (Å²) in [5, 5.41) is 11.0. The number of amides is 2. The highest BCUT2D eigenvalue weighted by atomic mass is 16.4. The fourth-order valence-electron chi connectivity index (χ4n) is 1.37. The first-order valence-electron chi connectivity index (χ1n) is 5.76. The van der Waals surface area contributed by atoms with Crippen molar-refractivity contribution in [1.29, 1.82) is 0 Å². The second-order valence-electron chi connectivity index (χ2n) is 3.90. The van der Waals surface area contributed by atoms with E-state index < -0.39 is 11.9 Å². The Morgan fingerprint density at radius 1 is 1.26 bits per heavy atom. The summed E-state index contributed by atoms with van der Waals surface area (Å²) in [5.74, 6) is -1.82. The number of carbonyl (C=O) groups is 3. The van der Waals surface area contributed by atoms with Crippen molar-refractivity contribution in [3.8, 4) is 0 Å². The van der Waals surface area contributed by atoms with Gasteiger partial charge in [-0.15, -0.1) is 0 Å². The highest BCUT2D eigenvalue weighted by Crippen LogP contribution is 2.00. The van der Waals surface area contributed by atoms with Crippen LogP contribution >= 0.6 is 0 Å². The maximum Gasteiger partial charge on any atom is 0.303 e. The van der Waals surface area contributed by atoms with E-state index in [1.807, 2.05) is 0 Å². The van der Waals surface area contributed by atoms with Gasteiger partial charge in [0, 0.05) is 19.2 Å². The predicted octanol–water partition coefficient (Wildman–Crippen LogP) is 0.165. The van der Waals surface area contributed by atoms with Gasteiger partial charge in [0.15, 0.2) is 0 Å². The molecule has 0 bridgehead atoms. The second-order valence-corrected chi connectivity index (χ2v) is 3.90. The van der Waals surface area contributed by atoms with Gasteiger partial charge in [-0.25, -0.2) is 0 Å². The Balaban J connectivity index is 2.37. The van der Waals surface area contributed by atoms with E-state index in [1.165, 1.54) is 18.3 Å². The number of nitrogens with one attached hydrogen (secondary N) is 1. The fraction of sp³-hybridized carbons (Fsp3) is 0.333. The molecule has 7 heteroatoms. The van der Waals surface area contributed by atoms with Crippen molar-refractivity contribution < 1.29 is 19.5 Å². The maximum atomic E-state index is 11.6. The van der Waals surface area contributed by atoms with Crippen LogP contribution < -0.4 is 11.1 Å². The first kappa shape index (κ1) is 14.6. The zero-order chi connectivity index (χ0) is 14.3. The molecule has 0 fully saturated rings. The molecule has 1 rings (SSSR count). The van der Waals surface area contributed by atoms with Gasteiger partial charge in [-0.2, -0.15) is 0 Å². The Bertz CT molecular complexity index is 470. The smallest absolute Gasteiger partial charge is 0.303 e. The number of carboxylic acids is 1. The summed E-state index contributed by atoms with van der Waals surface area (Å²) in [4.78, 5) is 36.5. The molecule has 2 amide bonds. The average Bonchev–Trinajstić information content (AvgIpc) is 2.37. The fourth-order valence-corrected chi connectivity index (χ4v) is 1.37. The Kier molecular flexibility index (Phi) is 5.46. The molecule has 0 atom stereocenters. The van der Waals surface area contributed by atoms with E-state index >= 15 is 0 Å². The van der Waals surface area contributed by atoms with Gasteiger partial charge in [-0.1, -0.05) is 0 Å². The minimum atomic E-state index is -0.852. The first-order valence-corrected chi connectivity index (χ1v) is 5.76. The van der Waals surface area contributed by atoms with E-state index in [1.54, 1.807) is 0 Å². The number of hydrogen-bond acceptors (Lipinski definition) is 4. The van der Waals surface area contributed by atoms with E-state index in [-0.39, 0.29) is 23.6 Å². The molecule has 1 heterocycles. The Morgan fingerprint density at radius 3 is 2.53 bits per heavy atom. The van der Waals surface area contributed by atoms with Crippen LogP contribution in [0, 0.1) is 0 Å². The quantitative estimate of drug-likeness (QED) is 0.606. The number of nitrogens with two attached hydrogens (primary N) is 1. The lowest BCUT2D eigenvalue weighted by atomic mass is 10.2. The molecule has 0 aliphatic carbocycles. The van der Waals surface area contributed by atoms with Gasteiger partial charge < -0.3 is 16.2 Å². The van der Waals surface area contributed by atoms with E-state index in [0.717, 1.165) is 0 Å². The standard InChI is InChI=1S/C12H15N3O4/c13-11(18)8-4-5-9(15-7-8)12(19)14-6-2-1-3-10(16)17/h4-5,7H,1-3,6H2,(H2,13,18)(H,14,19)(H,16,17). The van der Waals surface area contributed by atoms with Crippen LogP contribution in [-0.4, -0.2) is 34.4 Å². The Hall–Kier alpha value is -2.44. The van der Waals surface area contributed by atoms with Gasteiger partial charge in [-0.05, 0) is 25.0 Å². The van der Waals surface area contributed by atoms with Gasteiger partial charge in [0.25, 0.3) is 5.91 Å². The number of rotatable bonds is 7. The highest BCUT2D eigenvalue weighted by Gasteiger charge is 2.08. The summed E-state index contributed by atoms with van der Waals surface area (Å²) in [6.45, 7) is 0.380. The summed E-state index contributed by atoms with van der Waals surface area (Å²) in [7, 11) is 0. The molecule has 1 aromatic heterocycles. The third-order valence-electron chi connectivity index (χ3n) is 2.38. The van der Waals surface area contributed by atoms with Crippen LogP contribution in [0.15, 0.2) is 18.3 Å². The van der Waals surface area contributed by atoms with Gasteiger partial charge in [0.1, 0.15) is 5.69 Å². The lowest BCUT2D eigenvalue weighted by molar-refractivity contribution is -0.137. The molecule has 0 aromatic carbocycles. The largest absolute Gasteiger partial charge is 0.481 e. The molecule has 0 spiro atoms. The maximum absolute atomic E-state index is 11.6. The predicted molar refractivity (Wildman–Crippen MR) is 66.6 cm³/mol. The summed E-state index contributed by atoms with van der Waals surface area (Å²) in [6.07, 6.45) is 2.41. The van der Waals surface area contributed by atoms with Crippen molar-refractivity contribution in [3.05, 3.63) is 29.6 Å². The van der Waals surface area contributed by atoms with E-state index in [9.17, 15) is 14.4 Å². The minimum absolute atomic E-state index is 0.0848. The molecule has 19 heavy (non-hydrogen) atoms. The van der Waals surface area contributed by atoms with E-state index in [0.29, 0.717) is 19.4 Å². The van der Waals surface area contributed by atoms with Crippen molar-refractivity contribution in [2.24, 2.45) is 5.73 Å². The summed E-state index contributed by atoms with van der Waals surface area (Å²) in [6, 6.07) is 2.83. The van der Waals surface area contributed by atoms with Crippen molar-refractivity contribution >= 4 is 17.8 Å². The number of aliphatic carboxylic acids is 1. The lowest BCUT2D eigenvalue weighted by Gasteiger charge is -2.04. The molecule has 4 N–H and O–H groups in total. The normalized spacial score (nSPS) is 9.89. The molecule has 0 saturated carbocycles. The third kappa shape index (κ3) is 5.15. The number of carboxylic acid groups (broad SMARTS) is 1. The highest BCUT2D eigenvalue weighted by molar-refractivity contribution is 5.95. The summed E-state index contributed by atoms with van der Waals surface area (Å²) in [5.41, 5.74) is 5.47. The van der Waals surface area contributed by atoms with Crippen LogP contribution in [0.4, 0.5) is 0 Å². The molecule has 0 aliphatic heterocycles. The van der Waals surface area contributed by atoms with Crippen molar-refractivity contribution in [3.63, 3.8) is 0 Å². The first-order chi connectivity index (χ1) is 9.00. The molecule has 7 nitrogen and oxygen atoms in total. The number of carbonyl (C=O) groups excluding carboxylic acids is 2. The molecule has 1 aromatic rings.